The molecule has 0 amide bonds. The van der Waals surface area contributed by atoms with Gasteiger partial charge in [0.1, 0.15) is 0 Å². The molecule has 1 unspecified atom stereocenters. The molecule has 2 aromatic rings. The molecule has 0 aliphatic carbocycles. The van der Waals surface area contributed by atoms with E-state index in [1.807, 2.05) is 18.2 Å². The number of rotatable bonds is 4. The Morgan fingerprint density at radius 1 is 1.19 bits per heavy atom. The lowest BCUT2D eigenvalue weighted by Crippen LogP contribution is -2.07. The first kappa shape index (κ1) is 11.1. The summed E-state index contributed by atoms with van der Waals surface area (Å²) in [5.41, 5.74) is 8.51. The molecular formula is C14H15NS. The van der Waals surface area contributed by atoms with E-state index in [2.05, 4.69) is 41.1 Å². The Labute approximate surface area is 100 Å². The Morgan fingerprint density at radius 2 is 2.00 bits per heavy atom. The van der Waals surface area contributed by atoms with Crippen molar-refractivity contribution in [3.63, 3.8) is 0 Å². The van der Waals surface area contributed by atoms with Crippen molar-refractivity contribution < 1.29 is 0 Å². The molecule has 1 atom stereocenters. The van der Waals surface area contributed by atoms with Gasteiger partial charge in [0.15, 0.2) is 0 Å². The van der Waals surface area contributed by atoms with Gasteiger partial charge in [0, 0.05) is 6.04 Å². The third-order valence-electron chi connectivity index (χ3n) is 2.47. The number of benzene rings is 1. The van der Waals surface area contributed by atoms with Gasteiger partial charge in [-0.25, -0.2) is 0 Å². The maximum Gasteiger partial charge on any atom is 0.0338 e. The van der Waals surface area contributed by atoms with Crippen molar-refractivity contribution in [2.75, 3.05) is 0 Å². The van der Waals surface area contributed by atoms with Crippen molar-refractivity contribution in [1.29, 1.82) is 0 Å². The molecule has 82 valence electrons. The van der Waals surface area contributed by atoms with Gasteiger partial charge in [0.25, 0.3) is 0 Å². The Hall–Kier alpha value is -1.38. The fourth-order valence-corrected chi connectivity index (χ4v) is 2.26. The molecule has 1 nitrogen and oxygen atoms in total. The van der Waals surface area contributed by atoms with Gasteiger partial charge in [-0.2, -0.15) is 11.3 Å². The second-order valence-electron chi connectivity index (χ2n) is 3.71. The second-order valence-corrected chi connectivity index (χ2v) is 4.49. The van der Waals surface area contributed by atoms with Gasteiger partial charge in [-0.1, -0.05) is 42.5 Å². The van der Waals surface area contributed by atoms with E-state index in [0.717, 1.165) is 6.42 Å². The fraction of sp³-hybridized carbons (Fsp3) is 0.143. The average Bonchev–Trinajstić information content (AvgIpc) is 2.84. The van der Waals surface area contributed by atoms with Crippen LogP contribution in [0.4, 0.5) is 0 Å². The van der Waals surface area contributed by atoms with Gasteiger partial charge >= 0.3 is 0 Å². The van der Waals surface area contributed by atoms with E-state index >= 15 is 0 Å². The highest BCUT2D eigenvalue weighted by atomic mass is 32.1. The van der Waals surface area contributed by atoms with Crippen LogP contribution in [0, 0.1) is 0 Å². The molecule has 0 saturated carbocycles. The average molecular weight is 229 g/mol. The highest BCUT2D eigenvalue weighted by molar-refractivity contribution is 7.07. The zero-order valence-corrected chi connectivity index (χ0v) is 9.86. The second kappa shape index (κ2) is 5.64. The van der Waals surface area contributed by atoms with E-state index < -0.39 is 0 Å². The first-order valence-corrected chi connectivity index (χ1v) is 6.30. The van der Waals surface area contributed by atoms with E-state index in [1.165, 1.54) is 11.1 Å². The predicted octanol–water partition coefficient (Wildman–Crippen LogP) is 3.85. The lowest BCUT2D eigenvalue weighted by molar-refractivity contribution is 0.746. The maximum absolute atomic E-state index is 6.06. The van der Waals surface area contributed by atoms with Crippen LogP contribution in [0.2, 0.25) is 0 Å². The maximum atomic E-state index is 6.06. The molecule has 2 N–H and O–H groups in total. The van der Waals surface area contributed by atoms with Crippen LogP contribution >= 0.6 is 11.3 Å². The lowest BCUT2D eigenvalue weighted by Gasteiger charge is -2.05. The van der Waals surface area contributed by atoms with Crippen LogP contribution in [0.1, 0.15) is 23.6 Å². The summed E-state index contributed by atoms with van der Waals surface area (Å²) >= 11 is 1.69. The van der Waals surface area contributed by atoms with Gasteiger partial charge in [-0.3, -0.25) is 0 Å². The standard InChI is InChI=1S/C14H15NS/c15-14(13-9-10-16-11-13)8-4-7-12-5-2-1-3-6-12/h1-7,9-11,14H,8,15H2. The van der Waals surface area contributed by atoms with E-state index in [0.29, 0.717) is 0 Å². The normalized spacial score (nSPS) is 13.1. The van der Waals surface area contributed by atoms with E-state index in [1.54, 1.807) is 11.3 Å². The minimum absolute atomic E-state index is 0.117. The molecule has 1 aromatic carbocycles. The summed E-state index contributed by atoms with van der Waals surface area (Å²) in [7, 11) is 0. The van der Waals surface area contributed by atoms with Crippen LogP contribution in [0.15, 0.2) is 53.2 Å². The zero-order chi connectivity index (χ0) is 11.2. The number of hydrogen-bond donors (Lipinski definition) is 1. The highest BCUT2D eigenvalue weighted by Crippen LogP contribution is 2.17. The smallest absolute Gasteiger partial charge is 0.0338 e. The molecule has 0 bridgehead atoms. The van der Waals surface area contributed by atoms with Gasteiger partial charge in [0.05, 0.1) is 0 Å². The van der Waals surface area contributed by atoms with Crippen molar-refractivity contribution >= 4 is 17.4 Å². The predicted molar refractivity (Wildman–Crippen MR) is 71.3 cm³/mol. The number of nitrogens with two attached hydrogens (primary N) is 1. The summed E-state index contributed by atoms with van der Waals surface area (Å²) in [5.74, 6) is 0. The minimum Gasteiger partial charge on any atom is -0.324 e. The minimum atomic E-state index is 0.117. The Kier molecular flexibility index (Phi) is 3.91. The molecule has 0 radical (unpaired) electrons. The third-order valence-corrected chi connectivity index (χ3v) is 3.17. The topological polar surface area (TPSA) is 26.0 Å². The van der Waals surface area contributed by atoms with Crippen LogP contribution < -0.4 is 5.73 Å². The monoisotopic (exact) mass is 229 g/mol. The highest BCUT2D eigenvalue weighted by Gasteiger charge is 2.02. The first-order chi connectivity index (χ1) is 7.86. The van der Waals surface area contributed by atoms with Crippen LogP contribution in [0.3, 0.4) is 0 Å². The largest absolute Gasteiger partial charge is 0.324 e. The van der Waals surface area contributed by atoms with Gasteiger partial charge in [-0.05, 0) is 34.4 Å². The van der Waals surface area contributed by atoms with E-state index in [-0.39, 0.29) is 6.04 Å². The van der Waals surface area contributed by atoms with Crippen molar-refractivity contribution in [1.82, 2.24) is 0 Å². The van der Waals surface area contributed by atoms with Gasteiger partial charge in [-0.15, -0.1) is 0 Å². The number of hydrogen-bond acceptors (Lipinski definition) is 2. The molecule has 2 rings (SSSR count). The van der Waals surface area contributed by atoms with Crippen LogP contribution in [-0.2, 0) is 0 Å². The SMILES string of the molecule is NC(CC=Cc1ccccc1)c1ccsc1. The van der Waals surface area contributed by atoms with Gasteiger partial charge < -0.3 is 5.73 Å². The Balaban J connectivity index is 1.90. The summed E-state index contributed by atoms with van der Waals surface area (Å²) in [6, 6.07) is 12.5. The molecule has 0 aliphatic rings. The number of thiophene rings is 1. The molecule has 2 heteroatoms. The summed E-state index contributed by atoms with van der Waals surface area (Å²) in [6.45, 7) is 0. The van der Waals surface area contributed by atoms with Crippen molar-refractivity contribution in [3.05, 3.63) is 64.4 Å². The third kappa shape index (κ3) is 3.05. The summed E-state index contributed by atoms with van der Waals surface area (Å²) in [5, 5.41) is 4.18. The summed E-state index contributed by atoms with van der Waals surface area (Å²) in [4.78, 5) is 0. The van der Waals surface area contributed by atoms with Crippen molar-refractivity contribution in [2.24, 2.45) is 5.73 Å². The first-order valence-electron chi connectivity index (χ1n) is 5.35. The van der Waals surface area contributed by atoms with Crippen molar-refractivity contribution in [2.45, 2.75) is 12.5 Å². The lowest BCUT2D eigenvalue weighted by atomic mass is 10.1. The molecule has 16 heavy (non-hydrogen) atoms. The van der Waals surface area contributed by atoms with Crippen LogP contribution in [0.5, 0.6) is 0 Å². The molecule has 0 saturated heterocycles. The molecule has 1 aromatic heterocycles. The summed E-state index contributed by atoms with van der Waals surface area (Å²) < 4.78 is 0. The van der Waals surface area contributed by atoms with Gasteiger partial charge in [0.2, 0.25) is 0 Å². The van der Waals surface area contributed by atoms with E-state index in [9.17, 15) is 0 Å². The Bertz CT molecular complexity index is 431. The van der Waals surface area contributed by atoms with Crippen LogP contribution in [-0.4, -0.2) is 0 Å². The molecular weight excluding hydrogens is 214 g/mol. The zero-order valence-electron chi connectivity index (χ0n) is 9.04. The fourth-order valence-electron chi connectivity index (χ4n) is 1.54. The van der Waals surface area contributed by atoms with E-state index in [4.69, 9.17) is 5.73 Å². The molecule has 1 heterocycles. The molecule has 0 aliphatic heterocycles. The van der Waals surface area contributed by atoms with Crippen LogP contribution in [0.25, 0.3) is 6.08 Å². The quantitative estimate of drug-likeness (QED) is 0.846. The molecule has 0 fully saturated rings. The van der Waals surface area contributed by atoms with Crippen molar-refractivity contribution in [3.8, 4) is 0 Å². The molecule has 0 spiro atoms. The Morgan fingerprint density at radius 3 is 2.69 bits per heavy atom. The summed E-state index contributed by atoms with van der Waals surface area (Å²) in [6.07, 6.45) is 5.13.